The summed E-state index contributed by atoms with van der Waals surface area (Å²) in [5.41, 5.74) is 4.51. The second-order valence-electron chi connectivity index (χ2n) is 3.96. The van der Waals surface area contributed by atoms with Crippen LogP contribution in [0.2, 0.25) is 0 Å². The molecule has 0 aromatic heterocycles. The molecule has 0 radical (unpaired) electrons. The van der Waals surface area contributed by atoms with Crippen molar-refractivity contribution in [2.24, 2.45) is 5.73 Å². The number of carbonyl (C=O) groups is 2. The van der Waals surface area contributed by atoms with Gasteiger partial charge in [0.1, 0.15) is 6.10 Å². The summed E-state index contributed by atoms with van der Waals surface area (Å²) in [5.74, 6) is -5.06. The third-order valence-corrected chi connectivity index (χ3v) is 2.40. The average Bonchev–Trinajstić information content (AvgIpc) is 2.31. The van der Waals surface area contributed by atoms with Crippen molar-refractivity contribution in [3.05, 3.63) is 35.1 Å². The Morgan fingerprint density at radius 1 is 1.26 bits per heavy atom. The van der Waals surface area contributed by atoms with Crippen molar-refractivity contribution in [1.82, 2.24) is 0 Å². The number of hydrogen-bond acceptors (Lipinski definition) is 3. The third-order valence-electron chi connectivity index (χ3n) is 2.40. The second kappa shape index (κ2) is 6.21. The van der Waals surface area contributed by atoms with E-state index in [9.17, 15) is 22.8 Å². The van der Waals surface area contributed by atoms with Crippen LogP contribution < -0.4 is 5.73 Å². The van der Waals surface area contributed by atoms with Crippen LogP contribution in [0.15, 0.2) is 12.1 Å². The Hall–Kier alpha value is -2.05. The molecule has 0 aliphatic rings. The van der Waals surface area contributed by atoms with Gasteiger partial charge in [0.05, 0.1) is 0 Å². The number of amides is 1. The minimum atomic E-state index is -1.62. The first-order chi connectivity index (χ1) is 8.81. The van der Waals surface area contributed by atoms with Crippen molar-refractivity contribution >= 4 is 11.9 Å². The van der Waals surface area contributed by atoms with Crippen molar-refractivity contribution in [3.63, 3.8) is 0 Å². The Kier molecular flexibility index (Phi) is 4.91. The molecule has 104 valence electrons. The fourth-order valence-corrected chi connectivity index (χ4v) is 1.45. The Morgan fingerprint density at radius 3 is 2.26 bits per heavy atom. The number of primary amides is 1. The van der Waals surface area contributed by atoms with E-state index in [1.54, 1.807) is 0 Å². The van der Waals surface area contributed by atoms with Gasteiger partial charge in [-0.05, 0) is 25.5 Å². The number of benzene rings is 1. The van der Waals surface area contributed by atoms with Gasteiger partial charge in [-0.3, -0.25) is 4.79 Å². The van der Waals surface area contributed by atoms with E-state index < -0.39 is 35.4 Å². The molecular formula is C12H12F3NO3. The zero-order valence-corrected chi connectivity index (χ0v) is 10.1. The van der Waals surface area contributed by atoms with Gasteiger partial charge in [-0.25, -0.2) is 18.0 Å². The van der Waals surface area contributed by atoms with E-state index in [1.807, 2.05) is 0 Å². The summed E-state index contributed by atoms with van der Waals surface area (Å²) in [6, 6.07) is 1.25. The highest BCUT2D eigenvalue weighted by atomic mass is 19.2. The van der Waals surface area contributed by atoms with Crippen LogP contribution in [-0.4, -0.2) is 18.0 Å². The molecule has 0 heterocycles. The molecule has 1 atom stereocenters. The third kappa shape index (κ3) is 4.27. The van der Waals surface area contributed by atoms with E-state index in [1.165, 1.54) is 6.92 Å². The Morgan fingerprint density at radius 2 is 1.79 bits per heavy atom. The molecule has 1 amide bonds. The molecule has 1 aromatic rings. The maximum Gasteiger partial charge on any atom is 0.404 e. The van der Waals surface area contributed by atoms with Crippen LogP contribution in [0.1, 0.15) is 30.1 Å². The number of hydrogen-bond donors (Lipinski definition) is 1. The van der Waals surface area contributed by atoms with Gasteiger partial charge in [-0.2, -0.15) is 0 Å². The van der Waals surface area contributed by atoms with Gasteiger partial charge in [0.15, 0.2) is 23.2 Å². The van der Waals surface area contributed by atoms with Crippen LogP contribution in [0.25, 0.3) is 0 Å². The minimum Gasteiger partial charge on any atom is -0.447 e. The van der Waals surface area contributed by atoms with Gasteiger partial charge < -0.3 is 10.5 Å². The highest BCUT2D eigenvalue weighted by molar-refractivity contribution is 5.96. The van der Waals surface area contributed by atoms with Crippen molar-refractivity contribution < 1.29 is 27.5 Å². The summed E-state index contributed by atoms with van der Waals surface area (Å²) in [6.07, 6.45) is -1.54. The topological polar surface area (TPSA) is 69.4 Å². The fraction of sp³-hybridized carbons (Fsp3) is 0.333. The molecule has 4 nitrogen and oxygen atoms in total. The molecule has 2 N–H and O–H groups in total. The lowest BCUT2D eigenvalue weighted by Crippen LogP contribution is -2.21. The van der Waals surface area contributed by atoms with Gasteiger partial charge in [-0.15, -0.1) is 0 Å². The number of nitrogens with two attached hydrogens (primary N) is 1. The van der Waals surface area contributed by atoms with E-state index >= 15 is 0 Å². The summed E-state index contributed by atoms with van der Waals surface area (Å²) >= 11 is 0. The van der Waals surface area contributed by atoms with Crippen LogP contribution >= 0.6 is 0 Å². The zero-order chi connectivity index (χ0) is 14.6. The number of ketones is 1. The first-order valence-electron chi connectivity index (χ1n) is 5.45. The van der Waals surface area contributed by atoms with E-state index in [0.29, 0.717) is 12.1 Å². The summed E-state index contributed by atoms with van der Waals surface area (Å²) in [4.78, 5) is 22.0. The lowest BCUT2D eigenvalue weighted by molar-refractivity contribution is 0.0897. The molecule has 0 bridgehead atoms. The molecule has 0 spiro atoms. The normalized spacial score (nSPS) is 12.0. The second-order valence-corrected chi connectivity index (χ2v) is 3.96. The average molecular weight is 275 g/mol. The largest absolute Gasteiger partial charge is 0.447 e. The van der Waals surface area contributed by atoms with Crippen molar-refractivity contribution in [2.75, 3.05) is 0 Å². The van der Waals surface area contributed by atoms with E-state index in [-0.39, 0.29) is 18.4 Å². The summed E-state index contributed by atoms with van der Waals surface area (Å²) < 4.78 is 43.1. The van der Waals surface area contributed by atoms with Crippen LogP contribution in [0.3, 0.4) is 0 Å². The smallest absolute Gasteiger partial charge is 0.404 e. The standard InChI is InChI=1S/C12H12F3NO3/c1-6(19-12(16)18)2-3-10(17)7-4-8(13)11(15)9(14)5-7/h4-6H,2-3H2,1H3,(H2,16,18). The molecule has 7 heteroatoms. The number of ether oxygens (including phenoxy) is 1. The molecule has 0 saturated heterocycles. The van der Waals surface area contributed by atoms with Crippen molar-refractivity contribution in [2.45, 2.75) is 25.9 Å². The molecule has 1 aromatic carbocycles. The highest BCUT2D eigenvalue weighted by Gasteiger charge is 2.16. The predicted molar refractivity (Wildman–Crippen MR) is 60.0 cm³/mol. The first-order valence-corrected chi connectivity index (χ1v) is 5.45. The van der Waals surface area contributed by atoms with Gasteiger partial charge in [-0.1, -0.05) is 0 Å². The summed E-state index contributed by atoms with van der Waals surface area (Å²) in [7, 11) is 0. The Bertz CT molecular complexity index is 482. The molecule has 0 saturated carbocycles. The molecular weight excluding hydrogens is 263 g/mol. The van der Waals surface area contributed by atoms with Gasteiger partial charge in [0.2, 0.25) is 0 Å². The predicted octanol–water partition coefficient (Wildman–Crippen LogP) is 2.55. The molecule has 0 fully saturated rings. The van der Waals surface area contributed by atoms with Crippen LogP contribution in [0.5, 0.6) is 0 Å². The van der Waals surface area contributed by atoms with Crippen LogP contribution in [-0.2, 0) is 4.74 Å². The molecule has 0 aliphatic carbocycles. The van der Waals surface area contributed by atoms with Gasteiger partial charge in [0, 0.05) is 12.0 Å². The van der Waals surface area contributed by atoms with Crippen molar-refractivity contribution in [1.29, 1.82) is 0 Å². The summed E-state index contributed by atoms with van der Waals surface area (Å²) in [5, 5.41) is 0. The lowest BCUT2D eigenvalue weighted by atomic mass is 10.0. The van der Waals surface area contributed by atoms with Gasteiger partial charge >= 0.3 is 6.09 Å². The van der Waals surface area contributed by atoms with E-state index in [2.05, 4.69) is 4.74 Å². The highest BCUT2D eigenvalue weighted by Crippen LogP contribution is 2.16. The Balaban J connectivity index is 2.66. The molecule has 1 unspecified atom stereocenters. The molecule has 1 rings (SSSR count). The SMILES string of the molecule is CC(CCC(=O)c1cc(F)c(F)c(F)c1)OC(N)=O. The number of halogens is 3. The van der Waals surface area contributed by atoms with Crippen LogP contribution in [0.4, 0.5) is 18.0 Å². The van der Waals surface area contributed by atoms with E-state index in [4.69, 9.17) is 5.73 Å². The zero-order valence-electron chi connectivity index (χ0n) is 10.1. The fourth-order valence-electron chi connectivity index (χ4n) is 1.45. The number of Topliss-reactive ketones (excluding diaryl/α,β-unsaturated/α-hetero) is 1. The number of carbonyl (C=O) groups excluding carboxylic acids is 2. The monoisotopic (exact) mass is 275 g/mol. The minimum absolute atomic E-state index is 0.112. The number of rotatable bonds is 5. The molecule has 19 heavy (non-hydrogen) atoms. The Labute approximate surface area is 107 Å². The van der Waals surface area contributed by atoms with E-state index in [0.717, 1.165) is 0 Å². The maximum absolute atomic E-state index is 12.9. The summed E-state index contributed by atoms with van der Waals surface area (Å²) in [6.45, 7) is 1.52. The van der Waals surface area contributed by atoms with Crippen LogP contribution in [0, 0.1) is 17.5 Å². The molecule has 0 aliphatic heterocycles. The van der Waals surface area contributed by atoms with Crippen molar-refractivity contribution in [3.8, 4) is 0 Å². The maximum atomic E-state index is 12.9. The quantitative estimate of drug-likeness (QED) is 0.663. The van der Waals surface area contributed by atoms with Gasteiger partial charge in [0.25, 0.3) is 0 Å². The lowest BCUT2D eigenvalue weighted by Gasteiger charge is -2.10. The first kappa shape index (κ1) is 15.0.